The summed E-state index contributed by atoms with van der Waals surface area (Å²) in [6, 6.07) is 16.5. The molecule has 0 radical (unpaired) electrons. The van der Waals surface area contributed by atoms with Crippen molar-refractivity contribution in [3.63, 3.8) is 0 Å². The number of pyridine rings is 1. The van der Waals surface area contributed by atoms with Crippen molar-refractivity contribution in [2.75, 3.05) is 19.0 Å². The van der Waals surface area contributed by atoms with Crippen LogP contribution in [0.1, 0.15) is 39.5 Å². The first-order valence-electron chi connectivity index (χ1n) is 14.0. The van der Waals surface area contributed by atoms with Gasteiger partial charge in [0.15, 0.2) is 5.82 Å². The zero-order valence-corrected chi connectivity index (χ0v) is 24.6. The van der Waals surface area contributed by atoms with Crippen molar-refractivity contribution in [1.82, 2.24) is 9.88 Å². The quantitative estimate of drug-likeness (QED) is 0.276. The predicted molar refractivity (Wildman–Crippen MR) is 164 cm³/mol. The summed E-state index contributed by atoms with van der Waals surface area (Å²) < 4.78 is 20.1. The summed E-state index contributed by atoms with van der Waals surface area (Å²) in [4.78, 5) is 50.5. The Morgan fingerprint density at radius 1 is 1.07 bits per heavy atom. The zero-order valence-electron chi connectivity index (χ0n) is 23.9. The summed E-state index contributed by atoms with van der Waals surface area (Å²) in [5.41, 5.74) is 3.89. The third-order valence-corrected chi connectivity index (χ3v) is 8.11. The number of oxime groups is 1. The minimum Gasteiger partial charge on any atom is -0.495 e. The molecule has 2 N–H and O–H groups in total. The molecule has 4 aromatic rings. The van der Waals surface area contributed by atoms with E-state index in [0.29, 0.717) is 23.4 Å². The van der Waals surface area contributed by atoms with Crippen LogP contribution in [0.3, 0.4) is 0 Å². The number of benzene rings is 3. The summed E-state index contributed by atoms with van der Waals surface area (Å²) in [5, 5.41) is 16.0. The molecule has 0 saturated carbocycles. The number of aromatic carboxylic acids is 1. The molecule has 0 aliphatic carbocycles. The lowest BCUT2D eigenvalue weighted by atomic mass is 9.86. The van der Waals surface area contributed by atoms with E-state index in [-0.39, 0.29) is 34.8 Å². The molecule has 45 heavy (non-hydrogen) atoms. The number of fused-ring (bicyclic) bond motifs is 1. The number of anilines is 1. The molecule has 2 aliphatic heterocycles. The molecule has 10 nitrogen and oxygen atoms in total. The van der Waals surface area contributed by atoms with Gasteiger partial charge in [0.1, 0.15) is 11.8 Å². The number of nitrogens with one attached hydrogen (secondary N) is 1. The molecular formula is C33H26ClFN4O6. The first kappa shape index (κ1) is 29.8. The van der Waals surface area contributed by atoms with E-state index >= 15 is 0 Å². The van der Waals surface area contributed by atoms with Crippen LogP contribution < -0.4 is 10.1 Å². The maximum absolute atomic E-state index is 14.7. The molecule has 3 aromatic carbocycles. The minimum atomic E-state index is -1.10. The molecule has 0 saturated heterocycles. The fourth-order valence-corrected chi connectivity index (χ4v) is 5.80. The van der Waals surface area contributed by atoms with Gasteiger partial charge in [-0.05, 0) is 65.6 Å². The van der Waals surface area contributed by atoms with Crippen LogP contribution in [0, 0.1) is 5.82 Å². The molecule has 2 aliphatic rings. The number of nitrogens with zero attached hydrogens (tertiary/aromatic N) is 3. The van der Waals surface area contributed by atoms with E-state index in [1.165, 1.54) is 41.3 Å². The monoisotopic (exact) mass is 628 g/mol. The van der Waals surface area contributed by atoms with Gasteiger partial charge in [-0.15, -0.1) is 0 Å². The topological polar surface area (TPSA) is 130 Å². The van der Waals surface area contributed by atoms with Gasteiger partial charge in [0.2, 0.25) is 6.10 Å². The molecule has 12 heteroatoms. The Hall–Kier alpha value is -5.29. The standard InChI is InChI=1S/C33H26ClFN4O6/c1-44-21-14-19(16-36-17-21)22-4-2-5-24-23(22)12-13-39(30(24)31(40)37-20-10-8-18(9-11-20)33(42)43)32(41)28-15-27(38-45-28)25-6-3-7-26(34)29(25)35/h2-11,14,16-17,28,30H,12-13,15H2,1H3,(H,37,40)(H,42,43)/t28?,30-/m0/s1. The Morgan fingerprint density at radius 3 is 2.58 bits per heavy atom. The number of hydrogen-bond acceptors (Lipinski definition) is 7. The lowest BCUT2D eigenvalue weighted by molar-refractivity contribution is -0.148. The second-order valence-electron chi connectivity index (χ2n) is 10.5. The molecule has 0 fully saturated rings. The van der Waals surface area contributed by atoms with Crippen LogP contribution in [0.5, 0.6) is 5.75 Å². The second-order valence-corrected chi connectivity index (χ2v) is 10.9. The number of methoxy groups -OCH3 is 1. The van der Waals surface area contributed by atoms with E-state index < -0.39 is 35.7 Å². The lowest BCUT2D eigenvalue weighted by Gasteiger charge is -2.38. The number of aromatic nitrogens is 1. The van der Waals surface area contributed by atoms with Crippen molar-refractivity contribution in [2.45, 2.75) is 25.0 Å². The first-order chi connectivity index (χ1) is 21.7. The molecule has 6 rings (SSSR count). The molecule has 2 amide bonds. The maximum Gasteiger partial charge on any atom is 0.335 e. The van der Waals surface area contributed by atoms with Crippen LogP contribution in [-0.2, 0) is 20.8 Å². The van der Waals surface area contributed by atoms with Gasteiger partial charge >= 0.3 is 5.97 Å². The predicted octanol–water partition coefficient (Wildman–Crippen LogP) is 5.51. The second kappa shape index (κ2) is 12.4. The highest BCUT2D eigenvalue weighted by Crippen LogP contribution is 2.38. The Balaban J connectivity index is 1.34. The third-order valence-electron chi connectivity index (χ3n) is 7.82. The summed E-state index contributed by atoms with van der Waals surface area (Å²) in [6.45, 7) is 0.178. The molecule has 0 spiro atoms. The highest BCUT2D eigenvalue weighted by Gasteiger charge is 2.42. The van der Waals surface area contributed by atoms with E-state index in [1.54, 1.807) is 37.7 Å². The van der Waals surface area contributed by atoms with E-state index in [1.807, 2.05) is 12.1 Å². The van der Waals surface area contributed by atoms with Gasteiger partial charge in [-0.2, -0.15) is 0 Å². The van der Waals surface area contributed by atoms with Crippen molar-refractivity contribution in [1.29, 1.82) is 0 Å². The molecule has 1 unspecified atom stereocenters. The number of halogens is 2. The highest BCUT2D eigenvalue weighted by atomic mass is 35.5. The fraction of sp³-hybridized carbons (Fsp3) is 0.182. The van der Waals surface area contributed by atoms with Crippen molar-refractivity contribution in [3.05, 3.63) is 112 Å². The number of carbonyl (C=O) groups is 3. The number of carboxylic acid groups (broad SMARTS) is 1. The maximum atomic E-state index is 14.7. The molecule has 228 valence electrons. The SMILES string of the molecule is COc1cncc(-c2cccc3c2CCN(C(=O)C2CC(c4cccc(Cl)c4F)=NO2)[C@@H]3C(=O)Nc2ccc(C(=O)O)cc2)c1. The number of carboxylic acids is 1. The lowest BCUT2D eigenvalue weighted by Crippen LogP contribution is -2.49. The summed E-state index contributed by atoms with van der Waals surface area (Å²) in [5.74, 6) is -2.18. The largest absolute Gasteiger partial charge is 0.495 e. The number of ether oxygens (including phenoxy) is 1. The van der Waals surface area contributed by atoms with Gasteiger partial charge in [-0.3, -0.25) is 14.6 Å². The number of amides is 2. The Labute approximate surface area is 262 Å². The average molecular weight is 629 g/mol. The Bertz CT molecular complexity index is 1850. The van der Waals surface area contributed by atoms with E-state index in [0.717, 1.165) is 16.7 Å². The van der Waals surface area contributed by atoms with E-state index in [2.05, 4.69) is 15.5 Å². The minimum absolute atomic E-state index is 0.0139. The molecule has 3 heterocycles. The zero-order chi connectivity index (χ0) is 31.7. The van der Waals surface area contributed by atoms with Crippen LogP contribution in [0.15, 0.2) is 84.3 Å². The van der Waals surface area contributed by atoms with E-state index in [9.17, 15) is 23.9 Å². The van der Waals surface area contributed by atoms with Crippen LogP contribution in [0.4, 0.5) is 10.1 Å². The molecule has 0 bridgehead atoms. The smallest absolute Gasteiger partial charge is 0.335 e. The van der Waals surface area contributed by atoms with Gasteiger partial charge in [0.05, 0.1) is 29.6 Å². The van der Waals surface area contributed by atoms with Crippen LogP contribution in [0.2, 0.25) is 5.02 Å². The van der Waals surface area contributed by atoms with Crippen LogP contribution >= 0.6 is 11.6 Å². The number of carbonyl (C=O) groups excluding carboxylic acids is 2. The average Bonchev–Trinajstić information content (AvgIpc) is 3.55. The molecular weight excluding hydrogens is 603 g/mol. The molecule has 1 aromatic heterocycles. The summed E-state index contributed by atoms with van der Waals surface area (Å²) in [6.07, 6.45) is 2.62. The Kier molecular flexibility index (Phi) is 8.18. The van der Waals surface area contributed by atoms with Gasteiger partial charge in [-0.1, -0.05) is 41.0 Å². The van der Waals surface area contributed by atoms with Crippen molar-refractivity contribution in [2.24, 2.45) is 5.16 Å². The number of hydrogen-bond donors (Lipinski definition) is 2. The number of rotatable bonds is 7. The fourth-order valence-electron chi connectivity index (χ4n) is 5.62. The van der Waals surface area contributed by atoms with Crippen LogP contribution in [-0.4, -0.2) is 58.2 Å². The van der Waals surface area contributed by atoms with Gasteiger partial charge in [0, 0.05) is 36.0 Å². The van der Waals surface area contributed by atoms with Crippen molar-refractivity contribution < 1.29 is 33.5 Å². The normalized spacial score (nSPS) is 17.1. The van der Waals surface area contributed by atoms with Gasteiger partial charge in [-0.25, -0.2) is 9.18 Å². The summed E-state index contributed by atoms with van der Waals surface area (Å²) in [7, 11) is 1.55. The van der Waals surface area contributed by atoms with Crippen molar-refractivity contribution in [3.8, 4) is 16.9 Å². The highest BCUT2D eigenvalue weighted by molar-refractivity contribution is 6.31. The van der Waals surface area contributed by atoms with Gasteiger partial charge in [0.25, 0.3) is 11.8 Å². The first-order valence-corrected chi connectivity index (χ1v) is 14.4. The van der Waals surface area contributed by atoms with E-state index in [4.69, 9.17) is 21.2 Å². The summed E-state index contributed by atoms with van der Waals surface area (Å²) >= 11 is 5.95. The Morgan fingerprint density at radius 2 is 1.82 bits per heavy atom. The van der Waals surface area contributed by atoms with Crippen molar-refractivity contribution >= 4 is 40.8 Å². The molecule has 2 atom stereocenters. The van der Waals surface area contributed by atoms with Crippen LogP contribution in [0.25, 0.3) is 11.1 Å². The third kappa shape index (κ3) is 5.82. The van der Waals surface area contributed by atoms with Gasteiger partial charge < -0.3 is 24.9 Å².